The van der Waals surface area contributed by atoms with Crippen molar-refractivity contribution in [1.29, 1.82) is 0 Å². The van der Waals surface area contributed by atoms with E-state index in [0.29, 0.717) is 42.4 Å². The van der Waals surface area contributed by atoms with Crippen molar-refractivity contribution in [3.8, 4) is 17.2 Å². The molecule has 0 unspecified atom stereocenters. The Morgan fingerprint density at radius 3 is 2.53 bits per heavy atom. The Bertz CT molecular complexity index is 1100. The van der Waals surface area contributed by atoms with E-state index in [1.165, 1.54) is 11.3 Å². The number of carbonyl (C=O) groups is 1. The molecule has 1 N–H and O–H groups in total. The zero-order valence-electron chi connectivity index (χ0n) is 16.2. The third kappa shape index (κ3) is 4.92. The Hall–Kier alpha value is -2.62. The number of carbonyl (C=O) groups excluding carboxylic acids is 1. The average Bonchev–Trinajstić information content (AvgIpc) is 3.19. The van der Waals surface area contributed by atoms with Crippen LogP contribution >= 0.6 is 38.9 Å². The summed E-state index contributed by atoms with van der Waals surface area (Å²) in [5.41, 5.74) is 1.24. The van der Waals surface area contributed by atoms with Gasteiger partial charge in [-0.25, -0.2) is 0 Å². The van der Waals surface area contributed by atoms with E-state index >= 15 is 0 Å². The largest absolute Gasteiger partial charge is 0.493 e. The number of amides is 1. The smallest absolute Gasteiger partial charge is 0.257 e. The molecule has 0 spiro atoms. The van der Waals surface area contributed by atoms with Gasteiger partial charge in [-0.15, -0.1) is 10.2 Å². The van der Waals surface area contributed by atoms with Crippen molar-refractivity contribution < 1.29 is 19.0 Å². The summed E-state index contributed by atoms with van der Waals surface area (Å²) in [6, 6.07) is 8.48. The lowest BCUT2D eigenvalue weighted by Gasteiger charge is -2.15. The van der Waals surface area contributed by atoms with E-state index in [1.807, 2.05) is 12.1 Å². The van der Waals surface area contributed by atoms with Crippen LogP contribution in [0.3, 0.4) is 0 Å². The molecule has 7 nitrogen and oxygen atoms in total. The minimum absolute atomic E-state index is 0.309. The predicted molar refractivity (Wildman–Crippen MR) is 122 cm³/mol. The van der Waals surface area contributed by atoms with Gasteiger partial charge in [-0.2, -0.15) is 0 Å². The molecule has 10 heteroatoms. The fourth-order valence-electron chi connectivity index (χ4n) is 2.57. The first-order valence-electron chi connectivity index (χ1n) is 8.53. The van der Waals surface area contributed by atoms with E-state index in [2.05, 4.69) is 31.4 Å². The van der Waals surface area contributed by atoms with E-state index in [0.717, 1.165) is 5.56 Å². The van der Waals surface area contributed by atoms with E-state index in [4.69, 9.17) is 25.8 Å². The molecule has 0 bridgehead atoms. The average molecular weight is 511 g/mol. The molecule has 1 heterocycles. The Morgan fingerprint density at radius 2 is 1.87 bits per heavy atom. The van der Waals surface area contributed by atoms with Gasteiger partial charge in [0.1, 0.15) is 5.01 Å². The van der Waals surface area contributed by atoms with Crippen LogP contribution in [0.5, 0.6) is 17.2 Å². The molecule has 2 aromatic carbocycles. The Balaban J connectivity index is 1.80. The number of aromatic nitrogens is 2. The number of methoxy groups -OCH3 is 3. The highest BCUT2D eigenvalue weighted by Gasteiger charge is 2.18. The topological polar surface area (TPSA) is 82.6 Å². The number of rotatable bonds is 7. The maximum absolute atomic E-state index is 12.3. The van der Waals surface area contributed by atoms with Gasteiger partial charge in [0.2, 0.25) is 10.9 Å². The van der Waals surface area contributed by atoms with Gasteiger partial charge in [-0.05, 0) is 51.8 Å². The number of ether oxygens (including phenoxy) is 3. The minimum atomic E-state index is -0.309. The maximum atomic E-state index is 12.3. The third-order valence-corrected chi connectivity index (χ3v) is 5.81. The molecular formula is C20H17BrClN3O4S. The van der Waals surface area contributed by atoms with Gasteiger partial charge < -0.3 is 14.2 Å². The predicted octanol–water partition coefficient (Wildman–Crippen LogP) is 5.40. The van der Waals surface area contributed by atoms with Gasteiger partial charge in [0.15, 0.2) is 11.5 Å². The molecule has 156 valence electrons. The summed E-state index contributed by atoms with van der Waals surface area (Å²) in [4.78, 5) is 12.3. The van der Waals surface area contributed by atoms with Crippen molar-refractivity contribution in [2.75, 3.05) is 26.6 Å². The number of benzene rings is 2. The fraction of sp³-hybridized carbons (Fsp3) is 0.150. The van der Waals surface area contributed by atoms with Crippen molar-refractivity contribution >= 4 is 62.1 Å². The normalized spacial score (nSPS) is 10.8. The molecule has 0 aliphatic rings. The molecule has 30 heavy (non-hydrogen) atoms. The van der Waals surface area contributed by atoms with Crippen molar-refractivity contribution in [3.63, 3.8) is 0 Å². The van der Waals surface area contributed by atoms with Gasteiger partial charge in [0, 0.05) is 10.6 Å². The number of nitrogens with one attached hydrogen (secondary N) is 1. The van der Waals surface area contributed by atoms with Gasteiger partial charge in [0.25, 0.3) is 5.91 Å². The lowest BCUT2D eigenvalue weighted by molar-refractivity contribution is 0.102. The van der Waals surface area contributed by atoms with Crippen LogP contribution in [-0.4, -0.2) is 37.4 Å². The van der Waals surface area contributed by atoms with Crippen LogP contribution in [0, 0.1) is 0 Å². The Morgan fingerprint density at radius 1 is 1.10 bits per heavy atom. The summed E-state index contributed by atoms with van der Waals surface area (Å²) < 4.78 is 16.9. The van der Waals surface area contributed by atoms with Gasteiger partial charge in [-0.3, -0.25) is 10.1 Å². The quantitative estimate of drug-likeness (QED) is 0.458. The van der Waals surface area contributed by atoms with Crippen LogP contribution in [0.15, 0.2) is 34.8 Å². The van der Waals surface area contributed by atoms with E-state index < -0.39 is 0 Å². The minimum Gasteiger partial charge on any atom is -0.493 e. The first-order chi connectivity index (χ1) is 14.5. The van der Waals surface area contributed by atoms with Crippen LogP contribution in [0.2, 0.25) is 5.02 Å². The van der Waals surface area contributed by atoms with Gasteiger partial charge in [0.05, 0.1) is 25.8 Å². The highest BCUT2D eigenvalue weighted by atomic mass is 79.9. The monoisotopic (exact) mass is 509 g/mol. The van der Waals surface area contributed by atoms with Crippen molar-refractivity contribution in [3.05, 3.63) is 56.0 Å². The van der Waals surface area contributed by atoms with Crippen LogP contribution in [0.1, 0.15) is 20.9 Å². The Kier molecular flexibility index (Phi) is 7.30. The number of hydrogen-bond donors (Lipinski definition) is 1. The summed E-state index contributed by atoms with van der Waals surface area (Å²) in [5.74, 6) is 1.23. The van der Waals surface area contributed by atoms with Crippen molar-refractivity contribution in [2.45, 2.75) is 0 Å². The van der Waals surface area contributed by atoms with Crippen molar-refractivity contribution in [2.24, 2.45) is 0 Å². The molecule has 1 aromatic heterocycles. The summed E-state index contributed by atoms with van der Waals surface area (Å²) in [6.07, 6.45) is 3.61. The molecular weight excluding hydrogens is 494 g/mol. The third-order valence-electron chi connectivity index (χ3n) is 3.95. The molecule has 0 aliphatic heterocycles. The second-order valence-corrected chi connectivity index (χ2v) is 8.03. The number of halogens is 2. The van der Waals surface area contributed by atoms with Gasteiger partial charge in [-0.1, -0.05) is 35.1 Å². The lowest BCUT2D eigenvalue weighted by atomic mass is 10.1. The maximum Gasteiger partial charge on any atom is 0.257 e. The number of nitrogens with zero attached hydrogens (tertiary/aromatic N) is 2. The zero-order valence-corrected chi connectivity index (χ0v) is 19.4. The SMILES string of the molecule is COc1cc(C=Cc2nnc(NC(=O)c3cccc(Cl)c3)s2)c(Br)c(OC)c1OC. The fourth-order valence-corrected chi connectivity index (χ4v) is 3.99. The molecule has 0 fully saturated rings. The molecule has 0 saturated carbocycles. The number of anilines is 1. The first kappa shape index (κ1) is 22.1. The lowest BCUT2D eigenvalue weighted by Crippen LogP contribution is -2.11. The van der Waals surface area contributed by atoms with E-state index in [9.17, 15) is 4.79 Å². The highest BCUT2D eigenvalue weighted by molar-refractivity contribution is 9.10. The first-order valence-corrected chi connectivity index (χ1v) is 10.5. The summed E-state index contributed by atoms with van der Waals surface area (Å²) in [6.45, 7) is 0. The molecule has 0 atom stereocenters. The molecule has 3 aromatic rings. The summed E-state index contributed by atoms with van der Waals surface area (Å²) in [5, 5.41) is 12.3. The van der Waals surface area contributed by atoms with Crippen LogP contribution in [0.4, 0.5) is 5.13 Å². The molecule has 3 rings (SSSR count). The highest BCUT2D eigenvalue weighted by Crippen LogP contribution is 2.45. The second kappa shape index (κ2) is 9.92. The van der Waals surface area contributed by atoms with E-state index in [1.54, 1.807) is 51.7 Å². The summed E-state index contributed by atoms with van der Waals surface area (Å²) in [7, 11) is 4.65. The molecule has 1 amide bonds. The van der Waals surface area contributed by atoms with Gasteiger partial charge >= 0.3 is 0 Å². The van der Waals surface area contributed by atoms with Crippen LogP contribution < -0.4 is 19.5 Å². The molecule has 0 saturated heterocycles. The van der Waals surface area contributed by atoms with Crippen LogP contribution in [-0.2, 0) is 0 Å². The number of hydrogen-bond acceptors (Lipinski definition) is 7. The molecule has 0 aliphatic carbocycles. The van der Waals surface area contributed by atoms with E-state index in [-0.39, 0.29) is 5.91 Å². The summed E-state index contributed by atoms with van der Waals surface area (Å²) >= 11 is 10.7. The Labute approximate surface area is 190 Å². The molecule has 0 radical (unpaired) electrons. The zero-order chi connectivity index (χ0) is 21.7. The second-order valence-electron chi connectivity index (χ2n) is 5.79. The van der Waals surface area contributed by atoms with Crippen LogP contribution in [0.25, 0.3) is 12.2 Å². The standard InChI is InChI=1S/C20H17BrClN3O4S/c1-27-14-10-11(16(21)18(29-3)17(14)28-2)7-8-15-24-25-20(30-15)23-19(26)12-5-4-6-13(22)9-12/h4-10H,1-3H3,(H,23,25,26). The van der Waals surface area contributed by atoms with Crippen molar-refractivity contribution in [1.82, 2.24) is 10.2 Å².